The quantitative estimate of drug-likeness (QED) is 0.669. The number of H-pyrrole nitrogens is 1. The molecule has 0 aliphatic rings. The topological polar surface area (TPSA) is 48.9 Å². The Morgan fingerprint density at radius 2 is 2.33 bits per heavy atom. The van der Waals surface area contributed by atoms with Gasteiger partial charge >= 0.3 is 0 Å². The highest BCUT2D eigenvalue weighted by Crippen LogP contribution is 2.20. The molecule has 12 heavy (non-hydrogen) atoms. The lowest BCUT2D eigenvalue weighted by Crippen LogP contribution is -1.91. The Balaban J connectivity index is 2.73. The number of aromatic amines is 1. The van der Waals surface area contributed by atoms with Gasteiger partial charge in [-0.2, -0.15) is 0 Å². The molecule has 0 aliphatic carbocycles. The summed E-state index contributed by atoms with van der Waals surface area (Å²) in [5, 5.41) is 10.4. The summed E-state index contributed by atoms with van der Waals surface area (Å²) in [6.07, 6.45) is 3.08. The number of aromatic nitrogens is 2. The fourth-order valence-corrected chi connectivity index (χ4v) is 1.35. The number of nitrogens with zero attached hydrogens (tertiary/aromatic N) is 1. The molecule has 62 valence electrons. The Kier molecular flexibility index (Phi) is 1.59. The standard InChI is InChI=1S/C9H10N2O/c1-6(12)7-2-4-10-9-8(7)3-5-11-9/h2-6,12H,1H3,(H,10,11). The highest BCUT2D eigenvalue weighted by Gasteiger charge is 2.06. The highest BCUT2D eigenvalue weighted by atomic mass is 16.3. The summed E-state index contributed by atoms with van der Waals surface area (Å²) in [4.78, 5) is 7.11. The van der Waals surface area contributed by atoms with Crippen LogP contribution < -0.4 is 0 Å². The monoisotopic (exact) mass is 162 g/mol. The van der Waals surface area contributed by atoms with Gasteiger partial charge in [-0.25, -0.2) is 4.98 Å². The minimum absolute atomic E-state index is 0.439. The molecule has 2 aromatic heterocycles. The van der Waals surface area contributed by atoms with Gasteiger partial charge in [0.2, 0.25) is 0 Å². The molecule has 1 unspecified atom stereocenters. The molecular weight excluding hydrogens is 152 g/mol. The van der Waals surface area contributed by atoms with Crippen LogP contribution in [0.4, 0.5) is 0 Å². The Morgan fingerprint density at radius 3 is 3.08 bits per heavy atom. The molecule has 0 saturated heterocycles. The number of hydrogen-bond donors (Lipinski definition) is 2. The summed E-state index contributed by atoms with van der Waals surface area (Å²) in [6, 6.07) is 3.76. The van der Waals surface area contributed by atoms with Crippen LogP contribution in [-0.2, 0) is 0 Å². The highest BCUT2D eigenvalue weighted by molar-refractivity contribution is 5.79. The summed E-state index contributed by atoms with van der Waals surface area (Å²) in [5.41, 5.74) is 1.75. The third-order valence-electron chi connectivity index (χ3n) is 1.94. The second-order valence-corrected chi connectivity index (χ2v) is 2.82. The van der Waals surface area contributed by atoms with Crippen molar-refractivity contribution in [3.05, 3.63) is 30.1 Å². The SMILES string of the molecule is CC(O)c1ccnc2[nH]ccc12. The number of nitrogens with one attached hydrogen (secondary N) is 1. The number of fused-ring (bicyclic) bond motifs is 1. The minimum Gasteiger partial charge on any atom is -0.389 e. The molecule has 1 atom stereocenters. The predicted octanol–water partition coefficient (Wildman–Crippen LogP) is 1.62. The van der Waals surface area contributed by atoms with Crippen molar-refractivity contribution in [2.75, 3.05) is 0 Å². The number of aliphatic hydroxyl groups excluding tert-OH is 1. The van der Waals surface area contributed by atoms with Gasteiger partial charge in [-0.1, -0.05) is 0 Å². The molecule has 2 heterocycles. The lowest BCUT2D eigenvalue weighted by Gasteiger charge is -2.04. The van der Waals surface area contributed by atoms with E-state index < -0.39 is 6.10 Å². The lowest BCUT2D eigenvalue weighted by molar-refractivity contribution is 0.201. The van der Waals surface area contributed by atoms with Crippen LogP contribution in [0.3, 0.4) is 0 Å². The zero-order valence-corrected chi connectivity index (χ0v) is 6.78. The van der Waals surface area contributed by atoms with Crippen LogP contribution in [0.1, 0.15) is 18.6 Å². The van der Waals surface area contributed by atoms with Gasteiger partial charge in [-0.05, 0) is 24.6 Å². The van der Waals surface area contributed by atoms with Gasteiger partial charge < -0.3 is 10.1 Å². The Morgan fingerprint density at radius 1 is 1.50 bits per heavy atom. The van der Waals surface area contributed by atoms with E-state index in [4.69, 9.17) is 0 Å². The normalized spacial score (nSPS) is 13.5. The van der Waals surface area contributed by atoms with E-state index in [1.807, 2.05) is 18.3 Å². The summed E-state index contributed by atoms with van der Waals surface area (Å²) in [6.45, 7) is 1.75. The third-order valence-corrected chi connectivity index (χ3v) is 1.94. The first-order chi connectivity index (χ1) is 5.79. The van der Waals surface area contributed by atoms with Gasteiger partial charge in [0.15, 0.2) is 0 Å². The molecule has 3 nitrogen and oxygen atoms in total. The maximum atomic E-state index is 9.40. The molecule has 2 aromatic rings. The molecular formula is C9H10N2O. The fourth-order valence-electron chi connectivity index (χ4n) is 1.35. The Bertz CT molecular complexity index is 392. The number of rotatable bonds is 1. The van der Waals surface area contributed by atoms with Gasteiger partial charge in [0.1, 0.15) is 5.65 Å². The Hall–Kier alpha value is -1.35. The lowest BCUT2D eigenvalue weighted by atomic mass is 10.1. The molecule has 0 spiro atoms. The molecule has 0 radical (unpaired) electrons. The predicted molar refractivity (Wildman–Crippen MR) is 46.7 cm³/mol. The van der Waals surface area contributed by atoms with Crippen molar-refractivity contribution in [2.24, 2.45) is 0 Å². The number of aliphatic hydroxyl groups is 1. The molecule has 2 rings (SSSR count). The van der Waals surface area contributed by atoms with E-state index in [-0.39, 0.29) is 0 Å². The molecule has 0 aromatic carbocycles. The molecule has 3 heteroatoms. The van der Waals surface area contributed by atoms with E-state index in [1.165, 1.54) is 0 Å². The van der Waals surface area contributed by atoms with E-state index in [9.17, 15) is 5.11 Å². The molecule has 0 bridgehead atoms. The van der Waals surface area contributed by atoms with E-state index in [1.54, 1.807) is 13.1 Å². The van der Waals surface area contributed by atoms with Crippen molar-refractivity contribution in [1.29, 1.82) is 0 Å². The van der Waals surface area contributed by atoms with Gasteiger partial charge in [-0.3, -0.25) is 0 Å². The largest absolute Gasteiger partial charge is 0.389 e. The molecule has 0 aliphatic heterocycles. The summed E-state index contributed by atoms with van der Waals surface area (Å²) >= 11 is 0. The van der Waals surface area contributed by atoms with Crippen LogP contribution in [0.2, 0.25) is 0 Å². The second-order valence-electron chi connectivity index (χ2n) is 2.82. The zero-order chi connectivity index (χ0) is 8.55. The smallest absolute Gasteiger partial charge is 0.137 e. The van der Waals surface area contributed by atoms with Gasteiger partial charge in [0.05, 0.1) is 6.10 Å². The summed E-state index contributed by atoms with van der Waals surface area (Å²) in [7, 11) is 0. The van der Waals surface area contributed by atoms with Gasteiger partial charge in [0.25, 0.3) is 0 Å². The fraction of sp³-hybridized carbons (Fsp3) is 0.222. The van der Waals surface area contributed by atoms with Crippen LogP contribution in [0, 0.1) is 0 Å². The van der Waals surface area contributed by atoms with E-state index >= 15 is 0 Å². The average molecular weight is 162 g/mol. The second kappa shape index (κ2) is 2.60. The summed E-state index contributed by atoms with van der Waals surface area (Å²) < 4.78 is 0. The minimum atomic E-state index is -0.439. The van der Waals surface area contributed by atoms with E-state index in [0.29, 0.717) is 0 Å². The van der Waals surface area contributed by atoms with Crippen LogP contribution in [0.5, 0.6) is 0 Å². The molecule has 0 saturated carbocycles. The summed E-state index contributed by atoms with van der Waals surface area (Å²) in [5.74, 6) is 0. The molecule has 0 amide bonds. The average Bonchev–Trinajstić information content (AvgIpc) is 2.49. The maximum Gasteiger partial charge on any atom is 0.137 e. The van der Waals surface area contributed by atoms with Crippen molar-refractivity contribution >= 4 is 11.0 Å². The number of pyridine rings is 1. The van der Waals surface area contributed by atoms with Crippen molar-refractivity contribution < 1.29 is 5.11 Å². The molecule has 2 N–H and O–H groups in total. The van der Waals surface area contributed by atoms with Crippen LogP contribution in [-0.4, -0.2) is 15.1 Å². The maximum absolute atomic E-state index is 9.40. The van der Waals surface area contributed by atoms with E-state index in [2.05, 4.69) is 9.97 Å². The van der Waals surface area contributed by atoms with Crippen LogP contribution >= 0.6 is 0 Å². The number of hydrogen-bond acceptors (Lipinski definition) is 2. The first-order valence-electron chi connectivity index (χ1n) is 3.89. The van der Waals surface area contributed by atoms with Crippen LogP contribution in [0.25, 0.3) is 11.0 Å². The molecule has 0 fully saturated rings. The third kappa shape index (κ3) is 0.987. The van der Waals surface area contributed by atoms with Crippen molar-refractivity contribution in [2.45, 2.75) is 13.0 Å². The van der Waals surface area contributed by atoms with Crippen LogP contribution in [0.15, 0.2) is 24.5 Å². The zero-order valence-electron chi connectivity index (χ0n) is 6.78. The van der Waals surface area contributed by atoms with E-state index in [0.717, 1.165) is 16.6 Å². The Labute approximate surface area is 70.1 Å². The van der Waals surface area contributed by atoms with Gasteiger partial charge in [0, 0.05) is 17.8 Å². The van der Waals surface area contributed by atoms with Crippen molar-refractivity contribution in [1.82, 2.24) is 9.97 Å². The van der Waals surface area contributed by atoms with Crippen molar-refractivity contribution in [3.63, 3.8) is 0 Å². The first-order valence-corrected chi connectivity index (χ1v) is 3.89. The van der Waals surface area contributed by atoms with Crippen molar-refractivity contribution in [3.8, 4) is 0 Å². The first kappa shape index (κ1) is 7.31. The van der Waals surface area contributed by atoms with Gasteiger partial charge in [-0.15, -0.1) is 0 Å².